The van der Waals surface area contributed by atoms with E-state index >= 15 is 0 Å². The zero-order valence-electron chi connectivity index (χ0n) is 16.1. The minimum Gasteiger partial charge on any atom is -0.444 e. The molecule has 0 spiro atoms. The molecule has 1 amide bonds. The van der Waals surface area contributed by atoms with Crippen molar-refractivity contribution in [2.45, 2.75) is 45.3 Å². The van der Waals surface area contributed by atoms with E-state index in [9.17, 15) is 4.79 Å². The molecule has 2 aliphatic rings. The smallest absolute Gasteiger partial charge is 0.410 e. The van der Waals surface area contributed by atoms with Gasteiger partial charge in [0.15, 0.2) is 0 Å². The van der Waals surface area contributed by atoms with Gasteiger partial charge in [0.1, 0.15) is 5.60 Å². The minimum absolute atomic E-state index is 0.148. The van der Waals surface area contributed by atoms with E-state index in [1.165, 1.54) is 5.56 Å². The Morgan fingerprint density at radius 3 is 2.50 bits per heavy atom. The number of alkyl halides is 1. The molecule has 3 atom stereocenters. The molecule has 2 fully saturated rings. The highest BCUT2D eigenvalue weighted by Gasteiger charge is 2.57. The molecule has 0 aromatic heterocycles. The fraction of sp³-hybridized carbons (Fsp3) is 0.667. The molecule has 3 unspecified atom stereocenters. The Bertz CT molecular complexity index is 592. The van der Waals surface area contributed by atoms with E-state index in [4.69, 9.17) is 4.74 Å². The van der Waals surface area contributed by atoms with Crippen molar-refractivity contribution < 1.29 is 9.53 Å². The van der Waals surface area contributed by atoms with Gasteiger partial charge in [0.05, 0.1) is 0 Å². The van der Waals surface area contributed by atoms with E-state index < -0.39 is 5.60 Å². The number of rotatable bonds is 7. The Balaban J connectivity index is 1.60. The summed E-state index contributed by atoms with van der Waals surface area (Å²) in [7, 11) is 0. The number of benzene rings is 1. The lowest BCUT2D eigenvalue weighted by molar-refractivity contribution is 0.0203. The summed E-state index contributed by atoms with van der Waals surface area (Å²) >= 11 is 3.67. The summed E-state index contributed by atoms with van der Waals surface area (Å²) in [4.78, 5) is 14.8. The van der Waals surface area contributed by atoms with Crippen LogP contribution in [0.4, 0.5) is 4.79 Å². The summed E-state index contributed by atoms with van der Waals surface area (Å²) in [6.45, 7) is 8.65. The molecule has 1 aliphatic heterocycles. The van der Waals surface area contributed by atoms with E-state index in [1.54, 1.807) is 0 Å². The van der Waals surface area contributed by atoms with Gasteiger partial charge < -0.3 is 15.0 Å². The van der Waals surface area contributed by atoms with Gasteiger partial charge in [-0.25, -0.2) is 4.79 Å². The third kappa shape index (κ3) is 5.01. The predicted molar refractivity (Wildman–Crippen MR) is 109 cm³/mol. The van der Waals surface area contributed by atoms with E-state index in [0.717, 1.165) is 37.8 Å². The van der Waals surface area contributed by atoms with Crippen LogP contribution in [0.25, 0.3) is 0 Å². The average molecular weight is 423 g/mol. The first-order valence-corrected chi connectivity index (χ1v) is 10.8. The van der Waals surface area contributed by atoms with Crippen LogP contribution in [0.1, 0.15) is 32.8 Å². The Morgan fingerprint density at radius 1 is 1.27 bits per heavy atom. The lowest BCUT2D eigenvalue weighted by Crippen LogP contribution is -2.42. The number of carbonyl (C=O) groups is 1. The van der Waals surface area contributed by atoms with Crippen molar-refractivity contribution in [1.29, 1.82) is 0 Å². The van der Waals surface area contributed by atoms with Gasteiger partial charge in [-0.15, -0.1) is 0 Å². The number of carbonyl (C=O) groups excluding carboxylic acids is 1. The summed E-state index contributed by atoms with van der Waals surface area (Å²) in [6.07, 6.45) is 1.88. The highest BCUT2D eigenvalue weighted by atomic mass is 79.9. The molecule has 3 rings (SSSR count). The van der Waals surface area contributed by atoms with Crippen LogP contribution in [0.5, 0.6) is 0 Å². The van der Waals surface area contributed by atoms with Crippen molar-refractivity contribution in [3.8, 4) is 0 Å². The molecule has 1 aromatic rings. The normalized spacial score (nSPS) is 25.5. The van der Waals surface area contributed by atoms with Crippen molar-refractivity contribution in [3.63, 3.8) is 0 Å². The van der Waals surface area contributed by atoms with Crippen LogP contribution in [0.2, 0.25) is 0 Å². The summed E-state index contributed by atoms with van der Waals surface area (Å²) in [5.41, 5.74) is 0.907. The average Bonchev–Trinajstić information content (AvgIpc) is 3.03. The van der Waals surface area contributed by atoms with Crippen LogP contribution < -0.4 is 5.32 Å². The van der Waals surface area contributed by atoms with Crippen molar-refractivity contribution >= 4 is 22.0 Å². The number of amides is 1. The van der Waals surface area contributed by atoms with Gasteiger partial charge in [-0.2, -0.15) is 0 Å². The fourth-order valence-electron chi connectivity index (χ4n) is 4.03. The van der Waals surface area contributed by atoms with Gasteiger partial charge in [-0.05, 0) is 56.9 Å². The van der Waals surface area contributed by atoms with Crippen molar-refractivity contribution in [2.24, 2.45) is 17.8 Å². The Hall–Kier alpha value is -1.07. The van der Waals surface area contributed by atoms with Crippen molar-refractivity contribution in [2.75, 3.05) is 25.0 Å². The van der Waals surface area contributed by atoms with Crippen LogP contribution in [0, 0.1) is 17.8 Å². The van der Waals surface area contributed by atoms with Gasteiger partial charge >= 0.3 is 6.09 Å². The van der Waals surface area contributed by atoms with Crippen molar-refractivity contribution in [1.82, 2.24) is 10.2 Å². The zero-order valence-corrected chi connectivity index (χ0v) is 17.7. The molecular weight excluding hydrogens is 392 g/mol. The molecule has 1 heterocycles. The van der Waals surface area contributed by atoms with Gasteiger partial charge in [-0.1, -0.05) is 46.3 Å². The molecule has 26 heavy (non-hydrogen) atoms. The van der Waals surface area contributed by atoms with Crippen LogP contribution in [0.15, 0.2) is 30.3 Å². The minimum atomic E-state index is -0.448. The molecule has 1 aromatic carbocycles. The summed E-state index contributed by atoms with van der Waals surface area (Å²) in [5, 5.41) is 4.36. The van der Waals surface area contributed by atoms with Gasteiger partial charge in [0, 0.05) is 31.0 Å². The molecule has 5 heteroatoms. The van der Waals surface area contributed by atoms with Crippen molar-refractivity contribution in [3.05, 3.63) is 35.9 Å². The quantitative estimate of drug-likeness (QED) is 0.672. The lowest BCUT2D eigenvalue weighted by atomic mass is 9.98. The molecule has 1 N–H and O–H groups in total. The van der Waals surface area contributed by atoms with Crippen LogP contribution >= 0.6 is 15.9 Å². The van der Waals surface area contributed by atoms with Gasteiger partial charge in [0.25, 0.3) is 0 Å². The third-order valence-corrected chi connectivity index (χ3v) is 6.31. The highest BCUT2D eigenvalue weighted by molar-refractivity contribution is 9.09. The molecule has 144 valence electrons. The number of hydrogen-bond donors (Lipinski definition) is 1. The van der Waals surface area contributed by atoms with E-state index in [-0.39, 0.29) is 6.09 Å². The summed E-state index contributed by atoms with van der Waals surface area (Å²) < 4.78 is 5.71. The predicted octanol–water partition coefficient (Wildman–Crippen LogP) is 4.09. The van der Waals surface area contributed by atoms with Gasteiger partial charge in [0.2, 0.25) is 0 Å². The third-order valence-electron chi connectivity index (χ3n) is 5.40. The lowest BCUT2D eigenvalue weighted by Gasteiger charge is -2.30. The first-order valence-electron chi connectivity index (χ1n) is 9.69. The number of piperidine rings is 1. The number of nitrogens with one attached hydrogen (secondary N) is 1. The molecular formula is C21H31BrN2O2. The number of nitrogens with zero attached hydrogens (tertiary/aromatic N) is 1. The van der Waals surface area contributed by atoms with Crippen LogP contribution in [-0.4, -0.2) is 47.6 Å². The van der Waals surface area contributed by atoms with Crippen LogP contribution in [-0.2, 0) is 11.2 Å². The molecule has 1 saturated carbocycles. The Kier molecular flexibility index (Phi) is 6.29. The Labute approximate surface area is 165 Å². The SMILES string of the molecule is CC(C)(C)OC(=O)N(CCC(CBr)Cc1ccccc1)C1C2CNCC21. The first kappa shape index (κ1) is 19.7. The number of hydrogen-bond acceptors (Lipinski definition) is 3. The second-order valence-electron chi connectivity index (χ2n) is 8.65. The molecule has 0 bridgehead atoms. The summed E-state index contributed by atoms with van der Waals surface area (Å²) in [6, 6.07) is 10.9. The fourth-order valence-corrected chi connectivity index (χ4v) is 4.59. The molecule has 1 aliphatic carbocycles. The largest absolute Gasteiger partial charge is 0.444 e. The van der Waals surface area contributed by atoms with Crippen LogP contribution in [0.3, 0.4) is 0 Å². The number of halogens is 1. The second kappa shape index (κ2) is 8.30. The van der Waals surface area contributed by atoms with Gasteiger partial charge in [-0.3, -0.25) is 0 Å². The number of fused-ring (bicyclic) bond motifs is 1. The zero-order chi connectivity index (χ0) is 18.7. The standard InChI is InChI=1S/C21H31BrN2O2/c1-21(2,3)26-20(25)24(19-17-13-23-14-18(17)19)10-9-16(12-22)11-15-7-5-4-6-8-15/h4-8,16-19,23H,9-14H2,1-3H3. The molecule has 4 nitrogen and oxygen atoms in total. The monoisotopic (exact) mass is 422 g/mol. The maximum absolute atomic E-state index is 12.8. The maximum Gasteiger partial charge on any atom is 0.410 e. The summed E-state index contributed by atoms with van der Waals surface area (Å²) in [5.74, 6) is 1.73. The Morgan fingerprint density at radius 2 is 1.92 bits per heavy atom. The highest BCUT2D eigenvalue weighted by Crippen LogP contribution is 2.46. The maximum atomic E-state index is 12.8. The molecule has 1 saturated heterocycles. The van der Waals surface area contributed by atoms with E-state index in [1.807, 2.05) is 25.7 Å². The number of ether oxygens (including phenoxy) is 1. The topological polar surface area (TPSA) is 41.6 Å². The van der Waals surface area contributed by atoms with E-state index in [2.05, 4.69) is 51.6 Å². The van der Waals surface area contributed by atoms with E-state index in [0.29, 0.717) is 23.8 Å². The first-order chi connectivity index (χ1) is 12.4. The molecule has 0 radical (unpaired) electrons. The second-order valence-corrected chi connectivity index (χ2v) is 9.30.